The number of methoxy groups -OCH3 is 1. The van der Waals surface area contributed by atoms with Crippen molar-refractivity contribution < 1.29 is 9.13 Å². The molecule has 0 fully saturated rings. The van der Waals surface area contributed by atoms with Crippen LogP contribution in [0, 0.1) is 5.82 Å². The zero-order chi connectivity index (χ0) is 18.6. The summed E-state index contributed by atoms with van der Waals surface area (Å²) in [4.78, 5) is 8.63. The summed E-state index contributed by atoms with van der Waals surface area (Å²) in [6.45, 7) is 0.306. The number of benzene rings is 1. The predicted octanol–water partition coefficient (Wildman–Crippen LogP) is 4.20. The molecule has 0 aliphatic heterocycles. The topological polar surface area (TPSA) is 52.8 Å². The Balaban J connectivity index is 1.79. The second-order valence-corrected chi connectivity index (χ2v) is 5.97. The molecule has 0 saturated carbocycles. The number of nitrogens with zero attached hydrogens (tertiary/aromatic N) is 4. The first-order valence-corrected chi connectivity index (χ1v) is 8.47. The first-order valence-electron chi connectivity index (χ1n) is 8.47. The Labute approximate surface area is 156 Å². The third-order valence-electron chi connectivity index (χ3n) is 4.23. The SMILES string of the molecule is COc1ccc(-c2cc(-c3ccccn3)nn2Cc2ccccc2F)cn1. The molecule has 0 bridgehead atoms. The fourth-order valence-electron chi connectivity index (χ4n) is 2.85. The van der Waals surface area contributed by atoms with E-state index in [1.165, 1.54) is 6.07 Å². The maximum absolute atomic E-state index is 14.2. The third-order valence-corrected chi connectivity index (χ3v) is 4.23. The molecular weight excluding hydrogens is 343 g/mol. The molecule has 6 heteroatoms. The Morgan fingerprint density at radius 3 is 2.52 bits per heavy atom. The standard InChI is InChI=1S/C21H17FN4O/c1-27-21-10-9-15(13-24-21)20-12-19(18-8-4-5-11-23-18)25-26(20)14-16-6-2-3-7-17(16)22/h2-13H,14H2,1H3. The van der Waals surface area contributed by atoms with Gasteiger partial charge in [0.05, 0.1) is 25.0 Å². The third kappa shape index (κ3) is 3.55. The van der Waals surface area contributed by atoms with Crippen LogP contribution in [0.25, 0.3) is 22.6 Å². The summed E-state index contributed by atoms with van der Waals surface area (Å²) in [6.07, 6.45) is 3.44. The lowest BCUT2D eigenvalue weighted by Crippen LogP contribution is -2.06. The molecule has 0 spiro atoms. The second-order valence-electron chi connectivity index (χ2n) is 5.97. The van der Waals surface area contributed by atoms with Gasteiger partial charge in [-0.1, -0.05) is 24.3 Å². The monoisotopic (exact) mass is 360 g/mol. The molecule has 5 nitrogen and oxygen atoms in total. The van der Waals surface area contributed by atoms with Crippen LogP contribution >= 0.6 is 0 Å². The highest BCUT2D eigenvalue weighted by Crippen LogP contribution is 2.26. The van der Waals surface area contributed by atoms with Crippen molar-refractivity contribution in [2.45, 2.75) is 6.54 Å². The van der Waals surface area contributed by atoms with Crippen LogP contribution in [-0.2, 0) is 6.54 Å². The van der Waals surface area contributed by atoms with E-state index in [0.29, 0.717) is 18.0 Å². The van der Waals surface area contributed by atoms with Crippen molar-refractivity contribution >= 4 is 0 Å². The molecule has 27 heavy (non-hydrogen) atoms. The Morgan fingerprint density at radius 1 is 0.963 bits per heavy atom. The fraction of sp³-hybridized carbons (Fsp3) is 0.0952. The lowest BCUT2D eigenvalue weighted by Gasteiger charge is -2.09. The molecule has 4 rings (SSSR count). The number of pyridine rings is 2. The highest BCUT2D eigenvalue weighted by molar-refractivity contribution is 5.66. The molecule has 0 N–H and O–H groups in total. The van der Waals surface area contributed by atoms with E-state index in [4.69, 9.17) is 4.74 Å². The van der Waals surface area contributed by atoms with Gasteiger partial charge in [-0.25, -0.2) is 9.37 Å². The van der Waals surface area contributed by atoms with Crippen molar-refractivity contribution in [1.29, 1.82) is 0 Å². The fourth-order valence-corrected chi connectivity index (χ4v) is 2.85. The molecule has 3 heterocycles. The minimum absolute atomic E-state index is 0.258. The van der Waals surface area contributed by atoms with Crippen LogP contribution in [0.15, 0.2) is 73.1 Å². The van der Waals surface area contributed by atoms with Crippen LogP contribution in [0.5, 0.6) is 5.88 Å². The van der Waals surface area contributed by atoms with Crippen LogP contribution < -0.4 is 4.74 Å². The number of halogens is 1. The number of rotatable bonds is 5. The Hall–Kier alpha value is -3.54. The summed E-state index contributed by atoms with van der Waals surface area (Å²) in [7, 11) is 1.57. The highest BCUT2D eigenvalue weighted by Gasteiger charge is 2.14. The van der Waals surface area contributed by atoms with Gasteiger partial charge >= 0.3 is 0 Å². The summed E-state index contributed by atoms with van der Waals surface area (Å²) in [5, 5.41) is 4.66. The summed E-state index contributed by atoms with van der Waals surface area (Å²) in [5.74, 6) is 0.273. The van der Waals surface area contributed by atoms with Crippen LogP contribution in [0.1, 0.15) is 5.56 Å². The second kappa shape index (κ2) is 7.37. The minimum Gasteiger partial charge on any atom is -0.481 e. The molecule has 1 aromatic carbocycles. The van der Waals surface area contributed by atoms with Crippen molar-refractivity contribution in [3.63, 3.8) is 0 Å². The minimum atomic E-state index is -0.258. The van der Waals surface area contributed by atoms with Gasteiger partial charge in [0.25, 0.3) is 0 Å². The molecule has 0 radical (unpaired) electrons. The van der Waals surface area contributed by atoms with Gasteiger partial charge in [0.1, 0.15) is 11.5 Å². The molecule has 0 aliphatic carbocycles. The van der Waals surface area contributed by atoms with E-state index < -0.39 is 0 Å². The molecule has 0 unspecified atom stereocenters. The molecular formula is C21H17FN4O. The van der Waals surface area contributed by atoms with E-state index in [1.54, 1.807) is 42.4 Å². The average molecular weight is 360 g/mol. The van der Waals surface area contributed by atoms with E-state index >= 15 is 0 Å². The predicted molar refractivity (Wildman–Crippen MR) is 101 cm³/mol. The van der Waals surface area contributed by atoms with Crippen LogP contribution in [0.4, 0.5) is 4.39 Å². The van der Waals surface area contributed by atoms with E-state index in [2.05, 4.69) is 15.1 Å². The quantitative estimate of drug-likeness (QED) is 0.535. The summed E-state index contributed by atoms with van der Waals surface area (Å²) >= 11 is 0. The summed E-state index contributed by atoms with van der Waals surface area (Å²) < 4.78 is 21.1. The van der Waals surface area contributed by atoms with Crippen molar-refractivity contribution in [3.8, 4) is 28.5 Å². The summed E-state index contributed by atoms with van der Waals surface area (Å²) in [6, 6.07) is 18.0. The van der Waals surface area contributed by atoms with E-state index in [0.717, 1.165) is 22.6 Å². The van der Waals surface area contributed by atoms with Gasteiger partial charge in [-0.2, -0.15) is 5.10 Å². The first-order chi connectivity index (χ1) is 13.2. The van der Waals surface area contributed by atoms with Gasteiger partial charge in [-0.3, -0.25) is 9.67 Å². The zero-order valence-electron chi connectivity index (χ0n) is 14.7. The Bertz CT molecular complexity index is 1050. The maximum Gasteiger partial charge on any atom is 0.212 e. The van der Waals surface area contributed by atoms with Crippen LogP contribution in [-0.4, -0.2) is 26.9 Å². The number of aromatic nitrogens is 4. The van der Waals surface area contributed by atoms with Gasteiger partial charge in [0.15, 0.2) is 0 Å². The van der Waals surface area contributed by atoms with Gasteiger partial charge < -0.3 is 4.74 Å². The Morgan fingerprint density at radius 2 is 1.81 bits per heavy atom. The molecule has 0 atom stereocenters. The van der Waals surface area contributed by atoms with Crippen molar-refractivity contribution in [3.05, 3.63) is 84.4 Å². The van der Waals surface area contributed by atoms with Crippen LogP contribution in [0.2, 0.25) is 0 Å². The van der Waals surface area contributed by atoms with Crippen molar-refractivity contribution in [2.75, 3.05) is 7.11 Å². The number of hydrogen-bond donors (Lipinski definition) is 0. The lowest BCUT2D eigenvalue weighted by atomic mass is 10.1. The van der Waals surface area contributed by atoms with Gasteiger partial charge in [0.2, 0.25) is 5.88 Å². The first kappa shape index (κ1) is 16.9. The maximum atomic E-state index is 14.2. The van der Waals surface area contributed by atoms with Gasteiger partial charge in [-0.15, -0.1) is 0 Å². The molecule has 0 saturated heterocycles. The van der Waals surface area contributed by atoms with Crippen molar-refractivity contribution in [1.82, 2.24) is 19.7 Å². The van der Waals surface area contributed by atoms with Crippen molar-refractivity contribution in [2.24, 2.45) is 0 Å². The Kier molecular flexibility index (Phi) is 4.61. The normalized spacial score (nSPS) is 10.7. The molecule has 4 aromatic rings. The highest BCUT2D eigenvalue weighted by atomic mass is 19.1. The number of hydrogen-bond acceptors (Lipinski definition) is 4. The summed E-state index contributed by atoms with van der Waals surface area (Å²) in [5.41, 5.74) is 3.73. The van der Waals surface area contributed by atoms with Crippen LogP contribution in [0.3, 0.4) is 0 Å². The zero-order valence-corrected chi connectivity index (χ0v) is 14.7. The van der Waals surface area contributed by atoms with E-state index in [1.807, 2.05) is 36.4 Å². The lowest BCUT2D eigenvalue weighted by molar-refractivity contribution is 0.398. The molecule has 0 aliphatic rings. The van der Waals surface area contributed by atoms with Gasteiger partial charge in [-0.05, 0) is 30.3 Å². The molecule has 134 valence electrons. The van der Waals surface area contributed by atoms with E-state index in [9.17, 15) is 4.39 Å². The average Bonchev–Trinajstić information content (AvgIpc) is 3.14. The van der Waals surface area contributed by atoms with Gasteiger partial charge in [0, 0.05) is 29.6 Å². The largest absolute Gasteiger partial charge is 0.481 e. The molecule has 0 amide bonds. The number of ether oxygens (including phenoxy) is 1. The molecule has 3 aromatic heterocycles. The van der Waals surface area contributed by atoms with E-state index in [-0.39, 0.29) is 5.82 Å². The smallest absolute Gasteiger partial charge is 0.212 e.